The zero-order valence-corrected chi connectivity index (χ0v) is 25.7. The van der Waals surface area contributed by atoms with Gasteiger partial charge in [-0.2, -0.15) is 0 Å². The van der Waals surface area contributed by atoms with Gasteiger partial charge in [-0.15, -0.1) is 12.4 Å². The van der Waals surface area contributed by atoms with Gasteiger partial charge in [-0.1, -0.05) is 20.8 Å². The van der Waals surface area contributed by atoms with Gasteiger partial charge in [0.25, 0.3) is 0 Å². The van der Waals surface area contributed by atoms with E-state index in [1.54, 1.807) is 44.4 Å². The zero-order chi connectivity index (χ0) is 29.7. The maximum absolute atomic E-state index is 13.8. The van der Waals surface area contributed by atoms with Crippen LogP contribution in [0.1, 0.15) is 46.1 Å². The van der Waals surface area contributed by atoms with Gasteiger partial charge in [0, 0.05) is 48.1 Å². The molecule has 42 heavy (non-hydrogen) atoms. The van der Waals surface area contributed by atoms with E-state index in [0.29, 0.717) is 42.0 Å². The van der Waals surface area contributed by atoms with Crippen molar-refractivity contribution in [2.45, 2.75) is 65.1 Å². The molecule has 0 bridgehead atoms. The number of hydrogen-bond acceptors (Lipinski definition) is 9. The van der Waals surface area contributed by atoms with Crippen LogP contribution in [0.5, 0.6) is 5.75 Å². The van der Waals surface area contributed by atoms with E-state index in [-0.39, 0.29) is 36.4 Å². The molecule has 12 heteroatoms. The summed E-state index contributed by atoms with van der Waals surface area (Å²) in [7, 11) is 3.25. The minimum Gasteiger partial charge on any atom is -0.496 e. The molecule has 226 valence electrons. The first-order valence-electron chi connectivity index (χ1n) is 13.8. The van der Waals surface area contributed by atoms with E-state index in [1.807, 2.05) is 39.0 Å². The van der Waals surface area contributed by atoms with Crippen LogP contribution in [0.15, 0.2) is 43.0 Å². The lowest BCUT2D eigenvalue weighted by atomic mass is 9.85. The number of nitrogens with one attached hydrogen (secondary N) is 3. The SMILES string of the molecule is CN[C@@H](C)C(=O)N[C@H](C(=O)N1CCC[C@H]1C(=O)Cc1cc2c(Nc3ccncc3)ncnc2cc1OC)C(C)(C)C.Cl. The van der Waals surface area contributed by atoms with Gasteiger partial charge in [-0.25, -0.2) is 9.97 Å². The van der Waals surface area contributed by atoms with Crippen molar-refractivity contribution in [3.63, 3.8) is 0 Å². The fourth-order valence-electron chi connectivity index (χ4n) is 5.01. The summed E-state index contributed by atoms with van der Waals surface area (Å²) in [6.07, 6.45) is 6.19. The van der Waals surface area contributed by atoms with Gasteiger partial charge in [0.2, 0.25) is 11.8 Å². The first-order chi connectivity index (χ1) is 19.5. The van der Waals surface area contributed by atoms with Gasteiger partial charge in [0.05, 0.1) is 24.7 Å². The van der Waals surface area contributed by atoms with Crippen LogP contribution >= 0.6 is 12.4 Å². The third kappa shape index (κ3) is 7.32. The van der Waals surface area contributed by atoms with Crippen LogP contribution < -0.4 is 20.7 Å². The Morgan fingerprint density at radius 3 is 2.50 bits per heavy atom. The van der Waals surface area contributed by atoms with Crippen molar-refractivity contribution in [3.8, 4) is 5.75 Å². The number of anilines is 2. The number of benzene rings is 1. The summed E-state index contributed by atoms with van der Waals surface area (Å²) in [5.41, 5.74) is 1.62. The summed E-state index contributed by atoms with van der Waals surface area (Å²) >= 11 is 0. The van der Waals surface area contributed by atoms with Crippen LogP contribution in [0.4, 0.5) is 11.5 Å². The Morgan fingerprint density at radius 1 is 1.14 bits per heavy atom. The molecular weight excluding hydrogens is 558 g/mol. The number of fused-ring (bicyclic) bond motifs is 1. The molecule has 1 aromatic carbocycles. The summed E-state index contributed by atoms with van der Waals surface area (Å²) in [4.78, 5) is 54.7. The number of ether oxygens (including phenoxy) is 1. The van der Waals surface area contributed by atoms with Gasteiger partial charge >= 0.3 is 0 Å². The number of amides is 2. The molecule has 4 rings (SSSR count). The van der Waals surface area contributed by atoms with Crippen LogP contribution in [0.3, 0.4) is 0 Å². The molecule has 3 heterocycles. The van der Waals surface area contributed by atoms with Crippen LogP contribution in [-0.2, 0) is 20.8 Å². The highest BCUT2D eigenvalue weighted by Gasteiger charge is 2.42. The van der Waals surface area contributed by atoms with Gasteiger partial charge < -0.3 is 25.6 Å². The van der Waals surface area contributed by atoms with E-state index in [4.69, 9.17) is 4.74 Å². The molecule has 0 spiro atoms. The predicted molar refractivity (Wildman–Crippen MR) is 164 cm³/mol. The van der Waals surface area contributed by atoms with Gasteiger partial charge in [0.15, 0.2) is 5.78 Å². The third-order valence-corrected chi connectivity index (χ3v) is 7.48. The number of ketones is 1. The summed E-state index contributed by atoms with van der Waals surface area (Å²) in [6.45, 7) is 7.93. The second-order valence-electron chi connectivity index (χ2n) is 11.4. The highest BCUT2D eigenvalue weighted by Crippen LogP contribution is 2.32. The second kappa shape index (κ2) is 13.9. The van der Waals surface area contributed by atoms with Crippen LogP contribution in [-0.4, -0.2) is 76.3 Å². The minimum absolute atomic E-state index is 0. The lowest BCUT2D eigenvalue weighted by Crippen LogP contribution is -2.58. The van der Waals surface area contributed by atoms with Crippen molar-refractivity contribution in [1.29, 1.82) is 0 Å². The zero-order valence-electron chi connectivity index (χ0n) is 24.9. The summed E-state index contributed by atoms with van der Waals surface area (Å²) in [5, 5.41) is 9.84. The molecule has 1 fully saturated rings. The maximum Gasteiger partial charge on any atom is 0.246 e. The van der Waals surface area contributed by atoms with Crippen molar-refractivity contribution in [1.82, 2.24) is 30.5 Å². The fraction of sp³-hybridized carbons (Fsp3) is 0.467. The van der Waals surface area contributed by atoms with Gasteiger partial charge in [0.1, 0.15) is 23.9 Å². The average molecular weight is 598 g/mol. The lowest BCUT2D eigenvalue weighted by Gasteiger charge is -2.36. The fourth-order valence-corrected chi connectivity index (χ4v) is 5.01. The topological polar surface area (TPSA) is 138 Å². The molecule has 3 atom stereocenters. The van der Waals surface area contributed by atoms with Crippen molar-refractivity contribution in [2.24, 2.45) is 5.41 Å². The number of pyridine rings is 1. The highest BCUT2D eigenvalue weighted by atomic mass is 35.5. The van der Waals surface area contributed by atoms with Crippen molar-refractivity contribution >= 4 is 52.4 Å². The first kappa shape index (κ1) is 32.7. The molecule has 1 aliphatic rings. The largest absolute Gasteiger partial charge is 0.496 e. The quantitative estimate of drug-likeness (QED) is 0.321. The summed E-state index contributed by atoms with van der Waals surface area (Å²) in [6, 6.07) is 5.52. The Kier molecular flexibility index (Phi) is 10.8. The maximum atomic E-state index is 13.8. The highest BCUT2D eigenvalue weighted by molar-refractivity contribution is 5.97. The summed E-state index contributed by atoms with van der Waals surface area (Å²) < 4.78 is 5.63. The molecule has 11 nitrogen and oxygen atoms in total. The number of halogens is 1. The number of methoxy groups -OCH3 is 1. The second-order valence-corrected chi connectivity index (χ2v) is 11.4. The predicted octanol–water partition coefficient (Wildman–Crippen LogP) is 3.44. The number of likely N-dealkylation sites (tertiary alicyclic amines) is 1. The minimum atomic E-state index is -0.770. The van der Waals surface area contributed by atoms with Crippen LogP contribution in [0.2, 0.25) is 0 Å². The van der Waals surface area contributed by atoms with Crippen molar-refractivity contribution in [3.05, 3.63) is 48.5 Å². The molecule has 3 N–H and O–H groups in total. The number of Topliss-reactive ketones (excluding diaryl/α,β-unsaturated/α-hetero) is 1. The standard InChI is InChI=1S/C30H39N7O4.ClH/c1-18(31-5)28(39)36-26(30(2,3)4)29(40)37-13-7-8-23(37)24(38)15-19-14-21-22(16-25(19)41-6)33-17-34-27(21)35-20-9-11-32-12-10-20;/h9-12,14,16-18,23,26,31H,7-8,13,15H2,1-6H3,(H,36,39)(H,32,33,34,35);1H/t18-,23-,26+;/m0./s1. The van der Waals surface area contributed by atoms with E-state index in [2.05, 4.69) is 30.9 Å². The van der Waals surface area contributed by atoms with Crippen LogP contribution in [0, 0.1) is 5.41 Å². The first-order valence-corrected chi connectivity index (χ1v) is 13.8. The number of nitrogens with zero attached hydrogens (tertiary/aromatic N) is 4. The van der Waals surface area contributed by atoms with E-state index in [9.17, 15) is 14.4 Å². The number of aromatic nitrogens is 3. The Morgan fingerprint density at radius 2 is 1.86 bits per heavy atom. The molecule has 3 aromatic rings. The van der Waals surface area contributed by atoms with Crippen LogP contribution in [0.25, 0.3) is 10.9 Å². The molecule has 0 unspecified atom stereocenters. The van der Waals surface area contributed by atoms with Crippen molar-refractivity contribution < 1.29 is 19.1 Å². The Balaban J connectivity index is 0.00000484. The molecule has 2 amide bonds. The lowest BCUT2D eigenvalue weighted by molar-refractivity contribution is -0.143. The van der Waals surface area contributed by atoms with E-state index >= 15 is 0 Å². The van der Waals surface area contributed by atoms with E-state index in [1.165, 1.54) is 6.33 Å². The molecular formula is C30H40ClN7O4. The molecule has 0 aliphatic carbocycles. The van der Waals surface area contributed by atoms with Crippen molar-refractivity contribution in [2.75, 3.05) is 26.0 Å². The number of rotatable bonds is 10. The number of likely N-dealkylation sites (N-methyl/N-ethyl adjacent to an activating group) is 1. The number of carbonyl (C=O) groups is 3. The molecule has 1 aliphatic heterocycles. The summed E-state index contributed by atoms with van der Waals surface area (Å²) in [5.74, 6) is 0.539. The third-order valence-electron chi connectivity index (χ3n) is 7.48. The average Bonchev–Trinajstić information content (AvgIpc) is 3.45. The smallest absolute Gasteiger partial charge is 0.246 e. The van der Waals surface area contributed by atoms with Gasteiger partial charge in [-0.3, -0.25) is 19.4 Å². The normalized spacial score (nSPS) is 16.3. The molecule has 0 saturated carbocycles. The Labute approximate surface area is 252 Å². The molecule has 0 radical (unpaired) electrons. The van der Waals surface area contributed by atoms with E-state index in [0.717, 1.165) is 11.1 Å². The Bertz CT molecular complexity index is 1410. The molecule has 1 saturated heterocycles. The van der Waals surface area contributed by atoms with Gasteiger partial charge in [-0.05, 0) is 50.4 Å². The van der Waals surface area contributed by atoms with E-state index < -0.39 is 23.5 Å². The monoisotopic (exact) mass is 597 g/mol. The molecule has 2 aromatic heterocycles. The Hall–Kier alpha value is -3.83. The number of carbonyl (C=O) groups excluding carboxylic acids is 3. The number of hydrogen-bond donors (Lipinski definition) is 3.